The van der Waals surface area contributed by atoms with Crippen LogP contribution >= 0.6 is 0 Å². The third kappa shape index (κ3) is 2.48. The van der Waals surface area contributed by atoms with E-state index in [0.717, 1.165) is 6.54 Å². The van der Waals surface area contributed by atoms with Crippen LogP contribution < -0.4 is 0 Å². The number of rotatable bonds is 2. The smallest absolute Gasteiger partial charge is 0.305 e. The van der Waals surface area contributed by atoms with E-state index in [0.29, 0.717) is 13.2 Å². The highest BCUT2D eigenvalue weighted by Crippen LogP contribution is 2.07. The van der Waals surface area contributed by atoms with E-state index in [4.69, 9.17) is 9.84 Å². The van der Waals surface area contributed by atoms with Gasteiger partial charge in [0.2, 0.25) is 0 Å². The van der Waals surface area contributed by atoms with Gasteiger partial charge in [-0.1, -0.05) is 0 Å². The molecule has 0 aromatic carbocycles. The van der Waals surface area contributed by atoms with Crippen molar-refractivity contribution in [2.45, 2.75) is 12.5 Å². The maximum absolute atomic E-state index is 10.3. The minimum atomic E-state index is -0.757. The number of morpholine rings is 1. The van der Waals surface area contributed by atoms with Crippen molar-refractivity contribution in [3.05, 3.63) is 0 Å². The van der Waals surface area contributed by atoms with Gasteiger partial charge in [0, 0.05) is 12.6 Å². The fourth-order valence-electron chi connectivity index (χ4n) is 1.15. The number of hydrogen-bond acceptors (Lipinski definition) is 3. The standard InChI is InChI=1S/C7H13NO3/c1-8-2-3-11-5-6(8)4-7(9)10/h6H,2-5H2,1H3,(H,9,10)/t6-/m0/s1. The Balaban J connectivity index is 2.35. The third-order valence-electron chi connectivity index (χ3n) is 1.93. The van der Waals surface area contributed by atoms with Crippen LogP contribution in [0.3, 0.4) is 0 Å². The van der Waals surface area contributed by atoms with Gasteiger partial charge in [-0.3, -0.25) is 9.69 Å². The lowest BCUT2D eigenvalue weighted by Gasteiger charge is -2.31. The van der Waals surface area contributed by atoms with Crippen LogP contribution in [0.4, 0.5) is 0 Å². The largest absolute Gasteiger partial charge is 0.481 e. The topological polar surface area (TPSA) is 49.8 Å². The molecule has 11 heavy (non-hydrogen) atoms. The number of likely N-dealkylation sites (N-methyl/N-ethyl adjacent to an activating group) is 1. The Bertz CT molecular complexity index is 149. The molecule has 0 aromatic rings. The van der Waals surface area contributed by atoms with Crippen LogP contribution in [0.5, 0.6) is 0 Å². The van der Waals surface area contributed by atoms with E-state index in [1.54, 1.807) is 0 Å². The number of nitrogens with zero attached hydrogens (tertiary/aromatic N) is 1. The molecule has 64 valence electrons. The first-order valence-electron chi connectivity index (χ1n) is 3.70. The molecule has 0 aliphatic carbocycles. The summed E-state index contributed by atoms with van der Waals surface area (Å²) in [6.45, 7) is 2.09. The second-order valence-electron chi connectivity index (χ2n) is 2.81. The molecular weight excluding hydrogens is 146 g/mol. The lowest BCUT2D eigenvalue weighted by atomic mass is 10.2. The van der Waals surface area contributed by atoms with Gasteiger partial charge in [0.25, 0.3) is 0 Å². The highest BCUT2D eigenvalue weighted by Gasteiger charge is 2.21. The summed E-state index contributed by atoms with van der Waals surface area (Å²) in [7, 11) is 1.93. The van der Waals surface area contributed by atoms with Gasteiger partial charge in [0.15, 0.2) is 0 Å². The Morgan fingerprint density at radius 3 is 3.09 bits per heavy atom. The van der Waals surface area contributed by atoms with Crippen LogP contribution in [0.2, 0.25) is 0 Å². The Hall–Kier alpha value is -0.610. The van der Waals surface area contributed by atoms with Crippen LogP contribution in [0.1, 0.15) is 6.42 Å². The number of ether oxygens (including phenoxy) is 1. The van der Waals surface area contributed by atoms with E-state index in [1.165, 1.54) is 0 Å². The fourth-order valence-corrected chi connectivity index (χ4v) is 1.15. The van der Waals surface area contributed by atoms with E-state index in [9.17, 15) is 4.79 Å². The zero-order valence-electron chi connectivity index (χ0n) is 6.62. The molecule has 1 aliphatic rings. The molecular formula is C7H13NO3. The van der Waals surface area contributed by atoms with E-state index in [2.05, 4.69) is 0 Å². The van der Waals surface area contributed by atoms with Crippen LogP contribution in [-0.4, -0.2) is 48.8 Å². The summed E-state index contributed by atoms with van der Waals surface area (Å²) >= 11 is 0. The number of carboxylic acid groups (broad SMARTS) is 1. The molecule has 0 radical (unpaired) electrons. The fraction of sp³-hybridized carbons (Fsp3) is 0.857. The highest BCUT2D eigenvalue weighted by molar-refractivity contribution is 5.67. The first-order valence-corrected chi connectivity index (χ1v) is 3.70. The van der Waals surface area contributed by atoms with Gasteiger partial charge < -0.3 is 9.84 Å². The van der Waals surface area contributed by atoms with Crippen LogP contribution in [-0.2, 0) is 9.53 Å². The van der Waals surface area contributed by atoms with Crippen molar-refractivity contribution in [1.82, 2.24) is 4.90 Å². The van der Waals surface area contributed by atoms with Gasteiger partial charge in [-0.15, -0.1) is 0 Å². The van der Waals surface area contributed by atoms with Gasteiger partial charge >= 0.3 is 5.97 Å². The molecule has 1 aliphatic heterocycles. The molecule has 0 bridgehead atoms. The van der Waals surface area contributed by atoms with Gasteiger partial charge in [0.05, 0.1) is 19.6 Å². The Kier molecular flexibility index (Phi) is 2.84. The van der Waals surface area contributed by atoms with Crippen LogP contribution in [0.25, 0.3) is 0 Å². The summed E-state index contributed by atoms with van der Waals surface area (Å²) in [5, 5.41) is 8.50. The first kappa shape index (κ1) is 8.49. The quantitative estimate of drug-likeness (QED) is 0.605. The summed E-state index contributed by atoms with van der Waals surface area (Å²) in [4.78, 5) is 12.4. The van der Waals surface area contributed by atoms with E-state index in [1.807, 2.05) is 11.9 Å². The molecule has 1 saturated heterocycles. The Morgan fingerprint density at radius 2 is 2.55 bits per heavy atom. The SMILES string of the molecule is CN1CCOC[C@@H]1CC(=O)O. The summed E-state index contributed by atoms with van der Waals surface area (Å²) in [5.74, 6) is -0.757. The average Bonchev–Trinajstić information content (AvgIpc) is 1.93. The molecule has 0 aromatic heterocycles. The molecule has 0 spiro atoms. The van der Waals surface area contributed by atoms with E-state index >= 15 is 0 Å². The third-order valence-corrected chi connectivity index (χ3v) is 1.93. The monoisotopic (exact) mass is 159 g/mol. The number of carboxylic acids is 1. The molecule has 0 unspecified atom stereocenters. The van der Waals surface area contributed by atoms with Crippen molar-refractivity contribution < 1.29 is 14.6 Å². The maximum Gasteiger partial charge on any atom is 0.305 e. The lowest BCUT2D eigenvalue weighted by molar-refractivity contribution is -0.139. The van der Waals surface area contributed by atoms with E-state index < -0.39 is 5.97 Å². The summed E-state index contributed by atoms with van der Waals surface area (Å²) in [5.41, 5.74) is 0. The summed E-state index contributed by atoms with van der Waals surface area (Å²) in [6, 6.07) is 0.0567. The summed E-state index contributed by atoms with van der Waals surface area (Å²) in [6.07, 6.45) is 0.177. The predicted octanol–water partition coefficient (Wildman–Crippen LogP) is -0.208. The number of hydrogen-bond donors (Lipinski definition) is 1. The number of aliphatic carboxylic acids is 1. The van der Waals surface area contributed by atoms with Gasteiger partial charge in [-0.05, 0) is 7.05 Å². The van der Waals surface area contributed by atoms with Crippen molar-refractivity contribution >= 4 is 5.97 Å². The van der Waals surface area contributed by atoms with Gasteiger partial charge in [0.1, 0.15) is 0 Å². The minimum absolute atomic E-state index is 0.0567. The van der Waals surface area contributed by atoms with Crippen molar-refractivity contribution in [3.63, 3.8) is 0 Å². The second kappa shape index (κ2) is 3.69. The highest BCUT2D eigenvalue weighted by atomic mass is 16.5. The second-order valence-corrected chi connectivity index (χ2v) is 2.81. The predicted molar refractivity (Wildman–Crippen MR) is 39.5 cm³/mol. The molecule has 1 rings (SSSR count). The number of carbonyl (C=O) groups is 1. The minimum Gasteiger partial charge on any atom is -0.481 e. The lowest BCUT2D eigenvalue weighted by Crippen LogP contribution is -2.43. The average molecular weight is 159 g/mol. The van der Waals surface area contributed by atoms with Crippen molar-refractivity contribution in [3.8, 4) is 0 Å². The molecule has 4 nitrogen and oxygen atoms in total. The molecule has 1 heterocycles. The molecule has 1 atom stereocenters. The summed E-state index contributed by atoms with van der Waals surface area (Å²) < 4.78 is 5.15. The van der Waals surface area contributed by atoms with Crippen LogP contribution in [0, 0.1) is 0 Å². The van der Waals surface area contributed by atoms with Gasteiger partial charge in [-0.25, -0.2) is 0 Å². The molecule has 0 saturated carbocycles. The molecule has 4 heteroatoms. The Morgan fingerprint density at radius 1 is 1.82 bits per heavy atom. The van der Waals surface area contributed by atoms with Crippen LogP contribution in [0.15, 0.2) is 0 Å². The zero-order chi connectivity index (χ0) is 8.27. The first-order chi connectivity index (χ1) is 5.20. The molecule has 1 N–H and O–H groups in total. The molecule has 1 fully saturated rings. The Labute approximate surface area is 65.8 Å². The van der Waals surface area contributed by atoms with Crippen molar-refractivity contribution in [2.24, 2.45) is 0 Å². The van der Waals surface area contributed by atoms with Crippen molar-refractivity contribution in [1.29, 1.82) is 0 Å². The van der Waals surface area contributed by atoms with Gasteiger partial charge in [-0.2, -0.15) is 0 Å². The maximum atomic E-state index is 10.3. The van der Waals surface area contributed by atoms with Crippen molar-refractivity contribution in [2.75, 3.05) is 26.8 Å². The molecule has 0 amide bonds. The zero-order valence-corrected chi connectivity index (χ0v) is 6.62. The normalized spacial score (nSPS) is 26.8. The van der Waals surface area contributed by atoms with E-state index in [-0.39, 0.29) is 12.5 Å².